The molecule has 0 unspecified atom stereocenters. The summed E-state index contributed by atoms with van der Waals surface area (Å²) in [6, 6.07) is 8.30. The van der Waals surface area contributed by atoms with E-state index in [9.17, 15) is 4.79 Å². The first-order chi connectivity index (χ1) is 11.6. The maximum atomic E-state index is 12.4. The van der Waals surface area contributed by atoms with Gasteiger partial charge in [-0.2, -0.15) is 0 Å². The molecule has 1 amide bonds. The lowest BCUT2D eigenvalue weighted by Gasteiger charge is -2.17. The van der Waals surface area contributed by atoms with Gasteiger partial charge in [-0.15, -0.1) is 10.2 Å². The van der Waals surface area contributed by atoms with Gasteiger partial charge in [-0.1, -0.05) is 48.0 Å². The minimum atomic E-state index is 0.117. The fourth-order valence-electron chi connectivity index (χ4n) is 2.86. The summed E-state index contributed by atoms with van der Waals surface area (Å²) in [6.45, 7) is 3.67. The van der Waals surface area contributed by atoms with Crippen molar-refractivity contribution in [1.82, 2.24) is 19.7 Å². The first-order valence-corrected chi connectivity index (χ1v) is 9.46. The van der Waals surface area contributed by atoms with Crippen molar-refractivity contribution in [2.75, 3.05) is 12.8 Å². The van der Waals surface area contributed by atoms with Crippen LogP contribution >= 0.6 is 11.8 Å². The standard InChI is InChI=1S/C18H24N4OS/c1-14-7-9-15(10-8-14)12-21(2)17(23)13-24-18-20-19-16-6-4-3-5-11-22(16)18/h7-10H,3-6,11-13H2,1-2H3. The number of hydrogen-bond donors (Lipinski definition) is 0. The molecule has 2 aromatic rings. The molecule has 1 aliphatic heterocycles. The van der Waals surface area contributed by atoms with Gasteiger partial charge in [-0.3, -0.25) is 4.79 Å². The number of rotatable bonds is 5. The largest absolute Gasteiger partial charge is 0.341 e. The first kappa shape index (κ1) is 17.0. The van der Waals surface area contributed by atoms with E-state index in [-0.39, 0.29) is 5.91 Å². The monoisotopic (exact) mass is 344 g/mol. The van der Waals surface area contributed by atoms with Crippen molar-refractivity contribution in [3.63, 3.8) is 0 Å². The zero-order valence-electron chi connectivity index (χ0n) is 14.4. The van der Waals surface area contributed by atoms with Crippen LogP contribution < -0.4 is 0 Å². The third-order valence-corrected chi connectivity index (χ3v) is 5.32. The Morgan fingerprint density at radius 3 is 2.79 bits per heavy atom. The van der Waals surface area contributed by atoms with Crippen LogP contribution in [0.4, 0.5) is 0 Å². The van der Waals surface area contributed by atoms with Gasteiger partial charge in [0.15, 0.2) is 5.16 Å². The Bertz CT molecular complexity index is 696. The molecule has 0 saturated heterocycles. The third kappa shape index (κ3) is 4.17. The predicted molar refractivity (Wildman–Crippen MR) is 96.0 cm³/mol. The molecule has 1 aromatic carbocycles. The van der Waals surface area contributed by atoms with Crippen molar-refractivity contribution in [3.8, 4) is 0 Å². The summed E-state index contributed by atoms with van der Waals surface area (Å²) >= 11 is 1.50. The highest BCUT2D eigenvalue weighted by atomic mass is 32.2. The Balaban J connectivity index is 1.55. The Labute approximate surface area is 147 Å². The van der Waals surface area contributed by atoms with Crippen LogP contribution in [-0.4, -0.2) is 38.4 Å². The van der Waals surface area contributed by atoms with Gasteiger partial charge in [0.25, 0.3) is 0 Å². The van der Waals surface area contributed by atoms with Gasteiger partial charge in [-0.05, 0) is 25.3 Å². The number of nitrogens with zero attached hydrogens (tertiary/aromatic N) is 4. The molecule has 0 saturated carbocycles. The van der Waals surface area contributed by atoms with Crippen molar-refractivity contribution >= 4 is 17.7 Å². The Hall–Kier alpha value is -1.82. The average Bonchev–Trinajstić information content (AvgIpc) is 2.81. The van der Waals surface area contributed by atoms with E-state index in [2.05, 4.69) is 46.0 Å². The zero-order valence-corrected chi connectivity index (χ0v) is 15.2. The van der Waals surface area contributed by atoms with Crippen LogP contribution in [0.15, 0.2) is 29.4 Å². The van der Waals surface area contributed by atoms with Crippen molar-refractivity contribution in [2.45, 2.75) is 50.9 Å². The topological polar surface area (TPSA) is 51.0 Å². The number of aryl methyl sites for hydroxylation is 2. The lowest BCUT2D eigenvalue weighted by molar-refractivity contribution is -0.127. The lowest BCUT2D eigenvalue weighted by Crippen LogP contribution is -2.27. The summed E-state index contributed by atoms with van der Waals surface area (Å²) < 4.78 is 2.19. The fourth-order valence-corrected chi connectivity index (χ4v) is 3.78. The second-order valence-corrected chi connectivity index (χ2v) is 7.33. The molecule has 0 aliphatic carbocycles. The summed E-state index contributed by atoms with van der Waals surface area (Å²) in [5, 5.41) is 9.43. The van der Waals surface area contributed by atoms with Crippen molar-refractivity contribution < 1.29 is 4.79 Å². The Kier molecular flexibility index (Phi) is 5.56. The van der Waals surface area contributed by atoms with Crippen molar-refractivity contribution in [3.05, 3.63) is 41.2 Å². The molecule has 0 atom stereocenters. The summed E-state index contributed by atoms with van der Waals surface area (Å²) in [6.07, 6.45) is 4.58. The van der Waals surface area contributed by atoms with E-state index < -0.39 is 0 Å². The smallest absolute Gasteiger partial charge is 0.233 e. The number of fused-ring (bicyclic) bond motifs is 1. The molecular weight excluding hydrogens is 320 g/mol. The van der Waals surface area contributed by atoms with Gasteiger partial charge < -0.3 is 9.47 Å². The molecule has 3 rings (SSSR count). The van der Waals surface area contributed by atoms with E-state index in [0.29, 0.717) is 12.3 Å². The number of carbonyl (C=O) groups excluding carboxylic acids is 1. The van der Waals surface area contributed by atoms with Gasteiger partial charge in [0.1, 0.15) is 5.82 Å². The van der Waals surface area contributed by atoms with E-state index in [1.165, 1.54) is 36.6 Å². The predicted octanol–water partition coefficient (Wildman–Crippen LogP) is 3.06. The quantitative estimate of drug-likeness (QED) is 0.782. The van der Waals surface area contributed by atoms with Crippen LogP contribution in [0.25, 0.3) is 0 Å². The van der Waals surface area contributed by atoms with Gasteiger partial charge in [0.2, 0.25) is 5.91 Å². The van der Waals surface area contributed by atoms with E-state index in [0.717, 1.165) is 29.5 Å². The Morgan fingerprint density at radius 1 is 1.21 bits per heavy atom. The number of amides is 1. The molecule has 128 valence electrons. The molecule has 0 spiro atoms. The minimum Gasteiger partial charge on any atom is -0.341 e. The molecule has 5 nitrogen and oxygen atoms in total. The third-order valence-electron chi connectivity index (χ3n) is 4.37. The summed E-state index contributed by atoms with van der Waals surface area (Å²) in [5.41, 5.74) is 2.38. The van der Waals surface area contributed by atoms with Crippen LogP contribution in [-0.2, 0) is 24.3 Å². The Morgan fingerprint density at radius 2 is 2.00 bits per heavy atom. The number of carbonyl (C=O) groups is 1. The number of benzene rings is 1. The van der Waals surface area contributed by atoms with Crippen LogP contribution in [0.1, 0.15) is 36.2 Å². The molecule has 0 bridgehead atoms. The van der Waals surface area contributed by atoms with Gasteiger partial charge in [0, 0.05) is 26.6 Å². The highest BCUT2D eigenvalue weighted by Gasteiger charge is 2.17. The molecule has 2 heterocycles. The van der Waals surface area contributed by atoms with Crippen LogP contribution in [0.5, 0.6) is 0 Å². The zero-order chi connectivity index (χ0) is 16.9. The van der Waals surface area contributed by atoms with Gasteiger partial charge in [-0.25, -0.2) is 0 Å². The van der Waals surface area contributed by atoms with Crippen molar-refractivity contribution in [2.24, 2.45) is 0 Å². The molecule has 0 fully saturated rings. The second-order valence-electron chi connectivity index (χ2n) is 6.39. The SMILES string of the molecule is Cc1ccc(CN(C)C(=O)CSc2nnc3n2CCCCC3)cc1. The van der Waals surface area contributed by atoms with E-state index >= 15 is 0 Å². The normalized spacial score (nSPS) is 14.1. The minimum absolute atomic E-state index is 0.117. The maximum Gasteiger partial charge on any atom is 0.233 e. The van der Waals surface area contributed by atoms with Crippen LogP contribution in [0, 0.1) is 6.92 Å². The molecule has 6 heteroatoms. The van der Waals surface area contributed by atoms with Crippen LogP contribution in [0.2, 0.25) is 0 Å². The summed E-state index contributed by atoms with van der Waals surface area (Å²) in [7, 11) is 1.85. The fraction of sp³-hybridized carbons (Fsp3) is 0.500. The highest BCUT2D eigenvalue weighted by molar-refractivity contribution is 7.99. The van der Waals surface area contributed by atoms with Crippen molar-refractivity contribution in [1.29, 1.82) is 0 Å². The van der Waals surface area contributed by atoms with Crippen LogP contribution in [0.3, 0.4) is 0 Å². The second kappa shape index (κ2) is 7.83. The van der Waals surface area contributed by atoms with Gasteiger partial charge >= 0.3 is 0 Å². The highest BCUT2D eigenvalue weighted by Crippen LogP contribution is 2.22. The average molecular weight is 344 g/mol. The molecule has 1 aromatic heterocycles. The molecule has 1 aliphatic rings. The van der Waals surface area contributed by atoms with Gasteiger partial charge in [0.05, 0.1) is 5.75 Å². The first-order valence-electron chi connectivity index (χ1n) is 8.48. The molecular formula is C18H24N4OS. The summed E-state index contributed by atoms with van der Waals surface area (Å²) in [4.78, 5) is 14.2. The molecule has 0 radical (unpaired) electrons. The van der Waals surface area contributed by atoms with E-state index in [1.54, 1.807) is 4.90 Å². The number of aromatic nitrogens is 3. The summed E-state index contributed by atoms with van der Waals surface area (Å²) in [5.74, 6) is 1.59. The van der Waals surface area contributed by atoms with E-state index in [4.69, 9.17) is 0 Å². The maximum absolute atomic E-state index is 12.4. The van der Waals surface area contributed by atoms with E-state index in [1.807, 2.05) is 7.05 Å². The number of hydrogen-bond acceptors (Lipinski definition) is 4. The molecule has 0 N–H and O–H groups in total. The lowest BCUT2D eigenvalue weighted by atomic mass is 10.1. The number of thioether (sulfide) groups is 1. The molecule has 24 heavy (non-hydrogen) atoms.